The molecule has 0 aliphatic carbocycles. The van der Waals surface area contributed by atoms with Crippen LogP contribution in [0.4, 0.5) is 5.69 Å². The molecule has 2 N–H and O–H groups in total. The predicted molar refractivity (Wildman–Crippen MR) is 68.2 cm³/mol. The minimum atomic E-state index is 0.444. The highest BCUT2D eigenvalue weighted by atomic mass is 35.5. The second kappa shape index (κ2) is 8.31. The monoisotopic (exact) mass is 259 g/mol. The Balaban J connectivity index is 2.15. The lowest BCUT2D eigenvalue weighted by atomic mass is 10.2. The zero-order valence-electron chi connectivity index (χ0n) is 9.95. The SMILES string of the molecule is COCCOCCOCc1cc(Cl)ccc1N. The zero-order valence-corrected chi connectivity index (χ0v) is 10.7. The fraction of sp³-hybridized carbons (Fsp3) is 0.500. The van der Waals surface area contributed by atoms with E-state index in [1.54, 1.807) is 19.2 Å². The second-order valence-corrected chi connectivity index (χ2v) is 3.94. The van der Waals surface area contributed by atoms with Gasteiger partial charge in [-0.1, -0.05) is 11.6 Å². The maximum Gasteiger partial charge on any atom is 0.0738 e. The molecule has 0 aliphatic heterocycles. The Morgan fingerprint density at radius 1 is 1.12 bits per heavy atom. The van der Waals surface area contributed by atoms with E-state index in [1.165, 1.54) is 0 Å². The van der Waals surface area contributed by atoms with E-state index in [2.05, 4.69) is 0 Å². The lowest BCUT2D eigenvalue weighted by molar-refractivity contribution is 0.0201. The largest absolute Gasteiger partial charge is 0.398 e. The van der Waals surface area contributed by atoms with Crippen LogP contribution >= 0.6 is 11.6 Å². The summed E-state index contributed by atoms with van der Waals surface area (Å²) in [6, 6.07) is 5.34. The van der Waals surface area contributed by atoms with Crippen LogP contribution in [0.3, 0.4) is 0 Å². The number of rotatable bonds is 8. The van der Waals surface area contributed by atoms with Crippen molar-refractivity contribution in [1.82, 2.24) is 0 Å². The molecule has 1 aromatic rings. The van der Waals surface area contributed by atoms with Gasteiger partial charge in [0.05, 0.1) is 33.0 Å². The Morgan fingerprint density at radius 2 is 1.82 bits per heavy atom. The smallest absolute Gasteiger partial charge is 0.0738 e. The molecule has 0 atom stereocenters. The summed E-state index contributed by atoms with van der Waals surface area (Å²) >= 11 is 5.86. The summed E-state index contributed by atoms with van der Waals surface area (Å²) in [6.07, 6.45) is 0. The average Bonchev–Trinajstić information content (AvgIpc) is 2.32. The van der Waals surface area contributed by atoms with Crippen molar-refractivity contribution in [3.63, 3.8) is 0 Å². The fourth-order valence-corrected chi connectivity index (χ4v) is 1.44. The predicted octanol–water partition coefficient (Wildman–Crippen LogP) is 2.10. The van der Waals surface area contributed by atoms with Crippen LogP contribution < -0.4 is 5.73 Å². The van der Waals surface area contributed by atoms with E-state index in [0.29, 0.717) is 43.7 Å². The number of anilines is 1. The van der Waals surface area contributed by atoms with Gasteiger partial charge in [-0.15, -0.1) is 0 Å². The van der Waals surface area contributed by atoms with Crippen LogP contribution in [0.2, 0.25) is 5.02 Å². The number of hydrogen-bond acceptors (Lipinski definition) is 4. The molecule has 0 fully saturated rings. The third kappa shape index (κ3) is 5.89. The summed E-state index contributed by atoms with van der Waals surface area (Å²) in [7, 11) is 1.64. The number of hydrogen-bond donors (Lipinski definition) is 1. The van der Waals surface area contributed by atoms with Crippen LogP contribution in [0.25, 0.3) is 0 Å². The summed E-state index contributed by atoms with van der Waals surface area (Å²) in [4.78, 5) is 0. The lowest BCUT2D eigenvalue weighted by Gasteiger charge is -2.08. The van der Waals surface area contributed by atoms with Crippen LogP contribution in [-0.4, -0.2) is 33.5 Å². The van der Waals surface area contributed by atoms with Crippen molar-refractivity contribution < 1.29 is 14.2 Å². The van der Waals surface area contributed by atoms with E-state index < -0.39 is 0 Å². The molecule has 0 aliphatic rings. The first-order chi connectivity index (χ1) is 8.24. The molecule has 0 amide bonds. The van der Waals surface area contributed by atoms with Gasteiger partial charge >= 0.3 is 0 Å². The van der Waals surface area contributed by atoms with Crippen LogP contribution in [0.5, 0.6) is 0 Å². The quantitative estimate of drug-likeness (QED) is 0.574. The standard InChI is InChI=1S/C12H18ClNO3/c1-15-4-5-16-6-7-17-9-10-8-11(13)2-3-12(10)14/h2-3,8H,4-7,9,14H2,1H3. The van der Waals surface area contributed by atoms with Gasteiger partial charge in [-0.3, -0.25) is 0 Å². The van der Waals surface area contributed by atoms with Crippen molar-refractivity contribution in [2.45, 2.75) is 6.61 Å². The van der Waals surface area contributed by atoms with Gasteiger partial charge in [0, 0.05) is 23.4 Å². The fourth-order valence-electron chi connectivity index (χ4n) is 1.24. The molecule has 4 nitrogen and oxygen atoms in total. The van der Waals surface area contributed by atoms with E-state index in [4.69, 9.17) is 31.5 Å². The van der Waals surface area contributed by atoms with Gasteiger partial charge < -0.3 is 19.9 Å². The van der Waals surface area contributed by atoms with Gasteiger partial charge in [0.1, 0.15) is 0 Å². The summed E-state index contributed by atoms with van der Waals surface area (Å²) in [5.74, 6) is 0. The summed E-state index contributed by atoms with van der Waals surface area (Å²) in [6.45, 7) is 2.69. The second-order valence-electron chi connectivity index (χ2n) is 3.50. The molecule has 5 heteroatoms. The first kappa shape index (κ1) is 14.3. The van der Waals surface area contributed by atoms with Crippen molar-refractivity contribution in [3.8, 4) is 0 Å². The number of nitrogen functional groups attached to an aromatic ring is 1. The number of nitrogens with two attached hydrogens (primary N) is 1. The maximum absolute atomic E-state index is 5.86. The zero-order chi connectivity index (χ0) is 12.5. The number of ether oxygens (including phenoxy) is 3. The van der Waals surface area contributed by atoms with E-state index in [1.807, 2.05) is 6.07 Å². The van der Waals surface area contributed by atoms with Gasteiger partial charge in [-0.2, -0.15) is 0 Å². The molecule has 0 radical (unpaired) electrons. The van der Waals surface area contributed by atoms with Gasteiger partial charge in [0.2, 0.25) is 0 Å². The minimum Gasteiger partial charge on any atom is -0.398 e. The topological polar surface area (TPSA) is 53.7 Å². The van der Waals surface area contributed by atoms with Crippen molar-refractivity contribution >= 4 is 17.3 Å². The van der Waals surface area contributed by atoms with Crippen molar-refractivity contribution in [3.05, 3.63) is 28.8 Å². The van der Waals surface area contributed by atoms with Gasteiger partial charge in [0.25, 0.3) is 0 Å². The van der Waals surface area contributed by atoms with E-state index >= 15 is 0 Å². The summed E-state index contributed by atoms with van der Waals surface area (Å²) in [5, 5.41) is 0.661. The van der Waals surface area contributed by atoms with Crippen molar-refractivity contribution in [2.24, 2.45) is 0 Å². The lowest BCUT2D eigenvalue weighted by Crippen LogP contribution is -2.08. The molecular formula is C12H18ClNO3. The Kier molecular flexibility index (Phi) is 6.96. The molecule has 1 aromatic carbocycles. The average molecular weight is 260 g/mol. The van der Waals surface area contributed by atoms with Gasteiger partial charge in [-0.25, -0.2) is 0 Å². The highest BCUT2D eigenvalue weighted by Gasteiger charge is 2.00. The molecular weight excluding hydrogens is 242 g/mol. The molecule has 0 unspecified atom stereocenters. The molecule has 0 heterocycles. The van der Waals surface area contributed by atoms with E-state index in [-0.39, 0.29) is 0 Å². The van der Waals surface area contributed by atoms with Crippen LogP contribution in [0, 0.1) is 0 Å². The summed E-state index contributed by atoms with van der Waals surface area (Å²) in [5.41, 5.74) is 7.37. The third-order valence-corrected chi connectivity index (χ3v) is 2.40. The number of halogens is 1. The molecule has 1 rings (SSSR count). The van der Waals surface area contributed by atoms with E-state index in [0.717, 1.165) is 5.56 Å². The van der Waals surface area contributed by atoms with Gasteiger partial charge in [0.15, 0.2) is 0 Å². The molecule has 0 bridgehead atoms. The van der Waals surface area contributed by atoms with Gasteiger partial charge in [-0.05, 0) is 18.2 Å². The Hall–Kier alpha value is -0.810. The molecule has 0 saturated carbocycles. The molecule has 96 valence electrons. The third-order valence-electron chi connectivity index (χ3n) is 2.17. The Bertz CT molecular complexity index is 334. The van der Waals surface area contributed by atoms with Crippen LogP contribution in [0.1, 0.15) is 5.56 Å². The van der Waals surface area contributed by atoms with E-state index in [9.17, 15) is 0 Å². The molecule has 0 saturated heterocycles. The normalized spacial score (nSPS) is 10.7. The van der Waals surface area contributed by atoms with Crippen LogP contribution in [-0.2, 0) is 20.8 Å². The highest BCUT2D eigenvalue weighted by Crippen LogP contribution is 2.18. The first-order valence-corrected chi connectivity index (χ1v) is 5.80. The van der Waals surface area contributed by atoms with Crippen molar-refractivity contribution in [1.29, 1.82) is 0 Å². The first-order valence-electron chi connectivity index (χ1n) is 5.42. The molecule has 17 heavy (non-hydrogen) atoms. The Morgan fingerprint density at radius 3 is 2.59 bits per heavy atom. The molecule has 0 aromatic heterocycles. The van der Waals surface area contributed by atoms with Crippen molar-refractivity contribution in [2.75, 3.05) is 39.3 Å². The Labute approximate surface area is 107 Å². The molecule has 0 spiro atoms. The summed E-state index contributed by atoms with van der Waals surface area (Å²) < 4.78 is 15.5. The number of benzene rings is 1. The maximum atomic E-state index is 5.86. The van der Waals surface area contributed by atoms with Crippen LogP contribution in [0.15, 0.2) is 18.2 Å². The number of methoxy groups -OCH3 is 1. The minimum absolute atomic E-state index is 0.444. The highest BCUT2D eigenvalue weighted by molar-refractivity contribution is 6.30.